The van der Waals surface area contributed by atoms with Crippen molar-refractivity contribution in [3.63, 3.8) is 0 Å². The highest BCUT2D eigenvalue weighted by Crippen LogP contribution is 2.39. The zero-order valence-corrected chi connectivity index (χ0v) is 21.9. The van der Waals surface area contributed by atoms with Gasteiger partial charge in [-0.3, -0.25) is 0 Å². The minimum absolute atomic E-state index is 0.252. The Balaban J connectivity index is 1.17. The molecule has 5 rings (SSSR count). The number of piperidine rings is 1. The predicted octanol–water partition coefficient (Wildman–Crippen LogP) is 4.90. The smallest absolute Gasteiger partial charge is 0.170 e. The van der Waals surface area contributed by atoms with Crippen LogP contribution in [0.2, 0.25) is 0 Å². The molecule has 0 bridgehead atoms. The summed E-state index contributed by atoms with van der Waals surface area (Å²) in [6.07, 6.45) is 6.74. The molecule has 2 aliphatic rings. The van der Waals surface area contributed by atoms with E-state index in [0.717, 1.165) is 56.2 Å². The molecule has 3 aromatic rings. The summed E-state index contributed by atoms with van der Waals surface area (Å²) in [6.45, 7) is 6.26. The highest BCUT2D eigenvalue weighted by molar-refractivity contribution is 5.30. The Morgan fingerprint density at radius 2 is 1.81 bits per heavy atom. The zero-order valence-electron chi connectivity index (χ0n) is 21.9. The summed E-state index contributed by atoms with van der Waals surface area (Å²) >= 11 is 0. The molecule has 36 heavy (non-hydrogen) atoms. The van der Waals surface area contributed by atoms with Crippen LogP contribution in [0.15, 0.2) is 30.5 Å². The number of rotatable bonds is 7. The Hall–Kier alpha value is -2.81. The molecule has 2 fully saturated rings. The molecule has 0 N–H and O–H groups in total. The molecule has 0 unspecified atom stereocenters. The third-order valence-corrected chi connectivity index (χ3v) is 8.08. The number of halogens is 1. The van der Waals surface area contributed by atoms with E-state index in [0.29, 0.717) is 37.0 Å². The number of hydrogen-bond donors (Lipinski definition) is 0. The van der Waals surface area contributed by atoms with Crippen LogP contribution in [-0.2, 0) is 19.3 Å². The van der Waals surface area contributed by atoms with Gasteiger partial charge in [0.05, 0.1) is 12.2 Å². The van der Waals surface area contributed by atoms with Gasteiger partial charge >= 0.3 is 0 Å². The van der Waals surface area contributed by atoms with E-state index in [1.807, 2.05) is 37.1 Å². The number of nitrogens with zero attached hydrogens (tertiary/aromatic N) is 7. The van der Waals surface area contributed by atoms with E-state index in [4.69, 9.17) is 4.74 Å². The molecule has 0 spiro atoms. The molecule has 0 radical (unpaired) electrons. The van der Waals surface area contributed by atoms with E-state index in [2.05, 4.69) is 56.0 Å². The fraction of sp³-hybridized carbons (Fsp3) is 0.630. The molecule has 8 nitrogen and oxygen atoms in total. The summed E-state index contributed by atoms with van der Waals surface area (Å²) in [4.78, 5) is 2.16. The largest absolute Gasteiger partial charge is 0.486 e. The predicted molar refractivity (Wildman–Crippen MR) is 136 cm³/mol. The van der Waals surface area contributed by atoms with Crippen LogP contribution in [0.4, 0.5) is 4.39 Å². The van der Waals surface area contributed by atoms with Crippen LogP contribution in [0.3, 0.4) is 0 Å². The van der Waals surface area contributed by atoms with Gasteiger partial charge in [0.15, 0.2) is 11.5 Å². The third-order valence-electron chi connectivity index (χ3n) is 8.08. The first-order valence-corrected chi connectivity index (χ1v) is 13.2. The van der Waals surface area contributed by atoms with Gasteiger partial charge in [0, 0.05) is 38.9 Å². The number of aromatic nitrogens is 6. The van der Waals surface area contributed by atoms with Crippen LogP contribution in [0.1, 0.15) is 93.2 Å². The Bertz CT molecular complexity index is 1160. The molecule has 2 aromatic heterocycles. The maximum Gasteiger partial charge on any atom is 0.170 e. The lowest BCUT2D eigenvalue weighted by Crippen LogP contribution is -2.38. The first-order valence-electron chi connectivity index (χ1n) is 13.2. The molecule has 9 heteroatoms. The molecule has 0 amide bonds. The van der Waals surface area contributed by atoms with Crippen molar-refractivity contribution in [1.29, 1.82) is 0 Å². The quantitative estimate of drug-likeness (QED) is 0.464. The summed E-state index contributed by atoms with van der Waals surface area (Å²) in [5.41, 5.74) is 0.403. The van der Waals surface area contributed by atoms with E-state index in [1.54, 1.807) is 0 Å². The fourth-order valence-corrected chi connectivity index (χ4v) is 5.46. The van der Waals surface area contributed by atoms with Gasteiger partial charge < -0.3 is 14.2 Å². The lowest BCUT2D eigenvalue weighted by atomic mass is 9.85. The molecule has 1 saturated heterocycles. The van der Waals surface area contributed by atoms with Gasteiger partial charge in [-0.15, -0.1) is 15.3 Å². The number of likely N-dealkylation sites (tertiary alicyclic amines) is 1. The topological polar surface area (TPSA) is 73.9 Å². The van der Waals surface area contributed by atoms with E-state index in [-0.39, 0.29) is 6.04 Å². The van der Waals surface area contributed by atoms with Gasteiger partial charge in [0.2, 0.25) is 0 Å². The molecule has 1 saturated carbocycles. The van der Waals surface area contributed by atoms with Crippen molar-refractivity contribution in [1.82, 2.24) is 34.7 Å². The lowest BCUT2D eigenvalue weighted by Gasteiger charge is -2.33. The van der Waals surface area contributed by atoms with Crippen molar-refractivity contribution < 1.29 is 9.13 Å². The van der Waals surface area contributed by atoms with E-state index >= 15 is 4.39 Å². The molecule has 1 aliphatic heterocycles. The number of alkyl halides is 1. The van der Waals surface area contributed by atoms with Gasteiger partial charge in [-0.1, -0.05) is 31.2 Å². The molecular formula is C27H38FN7O. The standard InChI is InChI=1S/C27H38FN7O/c1-19(2)21-6-5-7-23(16-21)36-18-25-30-31-26(34(25)4)20-8-10-22(11-9-20)35-17-24(29-32-35)27(28)12-14-33(3)15-13-27/h5-7,16-17,19-20,22H,8-15,18H2,1-4H3. The maximum atomic E-state index is 15.4. The van der Waals surface area contributed by atoms with Crippen molar-refractivity contribution in [2.24, 2.45) is 7.05 Å². The minimum Gasteiger partial charge on any atom is -0.486 e. The van der Waals surface area contributed by atoms with Crippen molar-refractivity contribution in [2.75, 3.05) is 20.1 Å². The Kier molecular flexibility index (Phi) is 7.10. The van der Waals surface area contributed by atoms with Gasteiger partial charge in [-0.25, -0.2) is 9.07 Å². The Labute approximate surface area is 212 Å². The van der Waals surface area contributed by atoms with Crippen LogP contribution in [0.25, 0.3) is 0 Å². The van der Waals surface area contributed by atoms with E-state index in [1.165, 1.54) is 5.56 Å². The normalized spacial score (nSPS) is 22.7. The monoisotopic (exact) mass is 495 g/mol. The SMILES string of the molecule is CC(C)c1cccc(OCc2nnc(C3CCC(n4cc(C5(F)CCN(C)CC5)nn4)CC3)n2C)c1. The van der Waals surface area contributed by atoms with Gasteiger partial charge in [-0.05, 0) is 56.3 Å². The first kappa shape index (κ1) is 24.9. The maximum absolute atomic E-state index is 15.4. The van der Waals surface area contributed by atoms with Crippen molar-refractivity contribution in [2.45, 2.75) is 82.5 Å². The first-order chi connectivity index (χ1) is 17.3. The molecule has 194 valence electrons. The van der Waals surface area contributed by atoms with Crippen LogP contribution < -0.4 is 4.74 Å². The highest BCUT2D eigenvalue weighted by atomic mass is 19.1. The lowest BCUT2D eigenvalue weighted by molar-refractivity contribution is 0.0632. The molecule has 3 heterocycles. The highest BCUT2D eigenvalue weighted by Gasteiger charge is 2.38. The summed E-state index contributed by atoms with van der Waals surface area (Å²) in [7, 11) is 4.06. The van der Waals surface area contributed by atoms with Crippen LogP contribution in [-0.4, -0.2) is 54.8 Å². The van der Waals surface area contributed by atoms with Crippen molar-refractivity contribution in [3.8, 4) is 5.75 Å². The minimum atomic E-state index is -1.35. The zero-order chi connectivity index (χ0) is 25.3. The summed E-state index contributed by atoms with van der Waals surface area (Å²) in [5, 5.41) is 17.5. The average molecular weight is 496 g/mol. The van der Waals surface area contributed by atoms with E-state index < -0.39 is 5.67 Å². The second kappa shape index (κ2) is 10.3. The molecule has 1 aliphatic carbocycles. The second-order valence-corrected chi connectivity index (χ2v) is 10.9. The van der Waals surface area contributed by atoms with E-state index in [9.17, 15) is 0 Å². The molecule has 1 aromatic carbocycles. The van der Waals surface area contributed by atoms with Crippen molar-refractivity contribution >= 4 is 0 Å². The Morgan fingerprint density at radius 3 is 2.53 bits per heavy atom. The van der Waals surface area contributed by atoms with Crippen LogP contribution in [0.5, 0.6) is 5.75 Å². The Morgan fingerprint density at radius 1 is 1.06 bits per heavy atom. The van der Waals surface area contributed by atoms with Crippen LogP contribution in [0, 0.1) is 0 Å². The average Bonchev–Trinajstić information content (AvgIpc) is 3.53. The summed E-state index contributed by atoms with van der Waals surface area (Å²) < 4.78 is 25.5. The van der Waals surface area contributed by atoms with Crippen LogP contribution >= 0.6 is 0 Å². The third kappa shape index (κ3) is 5.16. The number of benzene rings is 1. The fourth-order valence-electron chi connectivity index (χ4n) is 5.46. The second-order valence-electron chi connectivity index (χ2n) is 10.9. The van der Waals surface area contributed by atoms with Gasteiger partial charge in [0.1, 0.15) is 23.9 Å². The van der Waals surface area contributed by atoms with Crippen molar-refractivity contribution in [3.05, 3.63) is 53.4 Å². The van der Waals surface area contributed by atoms with Gasteiger partial charge in [0.25, 0.3) is 0 Å². The molecular weight excluding hydrogens is 457 g/mol. The number of ether oxygens (including phenoxy) is 1. The summed E-state index contributed by atoms with van der Waals surface area (Å²) in [5.74, 6) is 3.50. The summed E-state index contributed by atoms with van der Waals surface area (Å²) in [6, 6.07) is 8.48. The molecule has 0 atom stereocenters. The van der Waals surface area contributed by atoms with Gasteiger partial charge in [-0.2, -0.15) is 0 Å². The number of hydrogen-bond acceptors (Lipinski definition) is 6.